The Hall–Kier alpha value is -3.19. The minimum absolute atomic E-state index is 0.0860. The molecule has 0 radical (unpaired) electrons. The van der Waals surface area contributed by atoms with E-state index in [1.54, 1.807) is 12.1 Å². The molecular weight excluding hydrogens is 423 g/mol. The number of amides is 2. The van der Waals surface area contributed by atoms with Gasteiger partial charge in [-0.3, -0.25) is 9.59 Å². The van der Waals surface area contributed by atoms with E-state index in [1.807, 2.05) is 30.9 Å². The molecular formula is C26H29FN2O4. The lowest BCUT2D eigenvalue weighted by molar-refractivity contribution is -0.121. The number of halogens is 1. The van der Waals surface area contributed by atoms with Crippen molar-refractivity contribution in [3.05, 3.63) is 65.6 Å². The van der Waals surface area contributed by atoms with Crippen LogP contribution in [0.25, 0.3) is 5.57 Å². The van der Waals surface area contributed by atoms with Crippen LogP contribution < -0.4 is 9.64 Å². The van der Waals surface area contributed by atoms with E-state index >= 15 is 0 Å². The van der Waals surface area contributed by atoms with Gasteiger partial charge in [-0.1, -0.05) is 26.0 Å². The van der Waals surface area contributed by atoms with Crippen LogP contribution in [-0.2, 0) is 14.3 Å². The van der Waals surface area contributed by atoms with Crippen molar-refractivity contribution in [3.8, 4) is 5.75 Å². The number of carbonyl (C=O) groups is 2. The van der Waals surface area contributed by atoms with E-state index in [-0.39, 0.29) is 12.2 Å². The van der Waals surface area contributed by atoms with Crippen LogP contribution in [0.2, 0.25) is 0 Å². The molecule has 6 nitrogen and oxygen atoms in total. The molecule has 2 heterocycles. The second-order valence-electron chi connectivity index (χ2n) is 9.04. The molecule has 2 aromatic rings. The first-order chi connectivity index (χ1) is 15.7. The van der Waals surface area contributed by atoms with Crippen molar-refractivity contribution < 1.29 is 23.5 Å². The molecule has 2 atom stereocenters. The van der Waals surface area contributed by atoms with Crippen LogP contribution in [0.1, 0.15) is 33.3 Å². The van der Waals surface area contributed by atoms with Crippen LogP contribution in [0, 0.1) is 11.7 Å². The molecule has 0 N–H and O–H groups in total. The molecule has 0 aliphatic carbocycles. The highest BCUT2D eigenvalue weighted by Crippen LogP contribution is 2.36. The highest BCUT2D eigenvalue weighted by atomic mass is 19.1. The summed E-state index contributed by atoms with van der Waals surface area (Å²) >= 11 is 0. The average Bonchev–Trinajstić information content (AvgIpc) is 3.03. The first-order valence-corrected chi connectivity index (χ1v) is 11.3. The number of benzene rings is 2. The second kappa shape index (κ2) is 9.35. The van der Waals surface area contributed by atoms with Gasteiger partial charge >= 0.3 is 0 Å². The molecule has 2 unspecified atom stereocenters. The Bertz CT molecular complexity index is 1050. The van der Waals surface area contributed by atoms with Gasteiger partial charge < -0.3 is 14.4 Å². The number of anilines is 1. The van der Waals surface area contributed by atoms with Gasteiger partial charge in [0.1, 0.15) is 17.3 Å². The fourth-order valence-electron chi connectivity index (χ4n) is 4.24. The fourth-order valence-corrected chi connectivity index (χ4v) is 4.24. The molecule has 0 bridgehead atoms. The molecule has 2 aromatic carbocycles. The molecule has 4 rings (SSSR count). The van der Waals surface area contributed by atoms with Crippen LogP contribution in [0.3, 0.4) is 0 Å². The summed E-state index contributed by atoms with van der Waals surface area (Å²) in [6.07, 6.45) is -0.172. The molecule has 33 heavy (non-hydrogen) atoms. The van der Waals surface area contributed by atoms with Gasteiger partial charge in [-0.15, -0.1) is 0 Å². The van der Waals surface area contributed by atoms with Crippen molar-refractivity contribution in [1.29, 1.82) is 0 Å². The van der Waals surface area contributed by atoms with Gasteiger partial charge in [0.15, 0.2) is 0 Å². The Morgan fingerprint density at radius 1 is 0.970 bits per heavy atom. The molecule has 2 aliphatic rings. The van der Waals surface area contributed by atoms with Crippen molar-refractivity contribution in [2.24, 2.45) is 5.92 Å². The lowest BCUT2D eigenvalue weighted by Gasteiger charge is -2.37. The van der Waals surface area contributed by atoms with E-state index in [0.29, 0.717) is 53.9 Å². The fraction of sp³-hybridized carbons (Fsp3) is 0.385. The second-order valence-corrected chi connectivity index (χ2v) is 9.04. The summed E-state index contributed by atoms with van der Waals surface area (Å²) in [5.74, 6) is -0.177. The monoisotopic (exact) mass is 452 g/mol. The number of hydrogen-bond acceptors (Lipinski definition) is 5. The van der Waals surface area contributed by atoms with Crippen molar-refractivity contribution in [2.45, 2.75) is 39.9 Å². The molecule has 2 amide bonds. The van der Waals surface area contributed by atoms with Gasteiger partial charge in [-0.2, -0.15) is 0 Å². The van der Waals surface area contributed by atoms with Crippen LogP contribution in [0.5, 0.6) is 5.75 Å². The first-order valence-electron chi connectivity index (χ1n) is 11.3. The van der Waals surface area contributed by atoms with E-state index in [1.165, 1.54) is 24.3 Å². The lowest BCUT2D eigenvalue weighted by Crippen LogP contribution is -2.47. The van der Waals surface area contributed by atoms with E-state index in [2.05, 4.69) is 13.8 Å². The third kappa shape index (κ3) is 4.78. The smallest absolute Gasteiger partial charge is 0.282 e. The Balaban J connectivity index is 1.74. The van der Waals surface area contributed by atoms with Crippen LogP contribution >= 0.6 is 0 Å². The topological polar surface area (TPSA) is 59.1 Å². The number of nitrogens with zero attached hydrogens (tertiary/aromatic N) is 2. The maximum Gasteiger partial charge on any atom is 0.282 e. The summed E-state index contributed by atoms with van der Waals surface area (Å²) in [6, 6.07) is 12.6. The Labute approximate surface area is 193 Å². The Morgan fingerprint density at radius 3 is 2.15 bits per heavy atom. The maximum atomic E-state index is 13.6. The largest absolute Gasteiger partial charge is 0.493 e. The van der Waals surface area contributed by atoms with Crippen molar-refractivity contribution in [3.63, 3.8) is 0 Å². The zero-order valence-corrected chi connectivity index (χ0v) is 19.4. The lowest BCUT2D eigenvalue weighted by atomic mass is 10.0. The number of ether oxygens (including phenoxy) is 2. The number of carbonyl (C=O) groups excluding carboxylic acids is 2. The van der Waals surface area contributed by atoms with E-state index in [9.17, 15) is 14.0 Å². The van der Waals surface area contributed by atoms with Crippen LogP contribution in [0.15, 0.2) is 54.2 Å². The summed E-state index contributed by atoms with van der Waals surface area (Å²) in [5, 5.41) is 0. The normalized spacial score (nSPS) is 21.4. The van der Waals surface area contributed by atoms with Crippen LogP contribution in [-0.4, -0.2) is 48.6 Å². The van der Waals surface area contributed by atoms with Gasteiger partial charge in [0, 0.05) is 13.1 Å². The minimum atomic E-state index is -0.431. The third-order valence-electron chi connectivity index (χ3n) is 5.61. The first kappa shape index (κ1) is 23.0. The molecule has 0 spiro atoms. The third-order valence-corrected chi connectivity index (χ3v) is 5.61. The van der Waals surface area contributed by atoms with Crippen molar-refractivity contribution >= 4 is 23.1 Å². The standard InChI is InChI=1S/C26H29FN2O4/c1-16(2)15-32-22-11-5-19(6-12-22)23-24(28-13-17(3)33-18(4)14-28)26(31)29(25(23)30)21-9-7-20(27)8-10-21/h5-12,16-18H,13-15H2,1-4H3. The van der Waals surface area contributed by atoms with Gasteiger partial charge in [-0.25, -0.2) is 9.29 Å². The van der Waals surface area contributed by atoms with E-state index in [0.717, 1.165) is 4.90 Å². The molecule has 0 saturated carbocycles. The van der Waals surface area contributed by atoms with Gasteiger partial charge in [0.2, 0.25) is 0 Å². The summed E-state index contributed by atoms with van der Waals surface area (Å²) in [6.45, 7) is 9.62. The quantitative estimate of drug-likeness (QED) is 0.613. The maximum absolute atomic E-state index is 13.6. The predicted octanol–water partition coefficient (Wildman–Crippen LogP) is 4.25. The zero-order valence-electron chi connectivity index (χ0n) is 19.4. The molecule has 7 heteroatoms. The van der Waals surface area contributed by atoms with Crippen molar-refractivity contribution in [2.75, 3.05) is 24.6 Å². The number of imide groups is 1. The van der Waals surface area contributed by atoms with E-state index < -0.39 is 17.6 Å². The molecule has 2 aliphatic heterocycles. The van der Waals surface area contributed by atoms with Crippen molar-refractivity contribution in [1.82, 2.24) is 4.90 Å². The van der Waals surface area contributed by atoms with Gasteiger partial charge in [0.25, 0.3) is 11.8 Å². The summed E-state index contributed by atoms with van der Waals surface area (Å²) in [5.41, 5.74) is 1.66. The minimum Gasteiger partial charge on any atom is -0.493 e. The van der Waals surface area contributed by atoms with Gasteiger partial charge in [0.05, 0.1) is 30.1 Å². The Morgan fingerprint density at radius 2 is 1.58 bits per heavy atom. The van der Waals surface area contributed by atoms with E-state index in [4.69, 9.17) is 9.47 Å². The molecule has 174 valence electrons. The molecule has 1 saturated heterocycles. The Kier molecular flexibility index (Phi) is 6.51. The zero-order chi connectivity index (χ0) is 23.7. The molecule has 0 aromatic heterocycles. The molecule has 1 fully saturated rings. The number of hydrogen-bond donors (Lipinski definition) is 0. The average molecular weight is 453 g/mol. The van der Waals surface area contributed by atoms with Crippen LogP contribution in [0.4, 0.5) is 10.1 Å². The summed E-state index contributed by atoms with van der Waals surface area (Å²) in [7, 11) is 0. The predicted molar refractivity (Wildman–Crippen MR) is 124 cm³/mol. The summed E-state index contributed by atoms with van der Waals surface area (Å²) in [4.78, 5) is 30.2. The SMILES string of the molecule is CC(C)COc1ccc(C2=C(N3CC(C)OC(C)C3)C(=O)N(c3ccc(F)cc3)C2=O)cc1. The van der Waals surface area contributed by atoms with Gasteiger partial charge in [-0.05, 0) is 61.7 Å². The summed E-state index contributed by atoms with van der Waals surface area (Å²) < 4.78 is 25.1. The highest BCUT2D eigenvalue weighted by molar-refractivity contribution is 6.45. The number of rotatable bonds is 6. The number of morpholine rings is 1. The highest BCUT2D eigenvalue weighted by Gasteiger charge is 2.43.